The van der Waals surface area contributed by atoms with Gasteiger partial charge in [0.15, 0.2) is 0 Å². The van der Waals surface area contributed by atoms with Crippen molar-refractivity contribution in [1.82, 2.24) is 14.8 Å². The van der Waals surface area contributed by atoms with Crippen LogP contribution >= 0.6 is 0 Å². The molecule has 1 fully saturated rings. The molecule has 0 spiro atoms. The molecule has 78 valence electrons. The number of anilines is 1. The molecule has 0 amide bonds. The van der Waals surface area contributed by atoms with Gasteiger partial charge in [-0.1, -0.05) is 12.8 Å². The highest BCUT2D eigenvalue weighted by molar-refractivity contribution is 5.14. The minimum absolute atomic E-state index is 0.0635. The first kappa shape index (κ1) is 9.45. The standard InChI is InChI=1S/C9H16N4O/c1-6-11-9(10)12-13(6)7-4-2-3-5-8(7)14/h7-8,14H,2-5H2,1H3,(H2,10,12). The Balaban J connectivity index is 2.24. The van der Waals surface area contributed by atoms with Gasteiger partial charge >= 0.3 is 0 Å². The molecule has 0 aromatic carbocycles. The van der Waals surface area contributed by atoms with E-state index < -0.39 is 0 Å². The Morgan fingerprint density at radius 1 is 1.43 bits per heavy atom. The summed E-state index contributed by atoms with van der Waals surface area (Å²) in [6.07, 6.45) is 3.75. The number of nitrogen functional groups attached to an aromatic ring is 1. The number of aliphatic hydroxyl groups is 1. The molecule has 0 radical (unpaired) electrons. The summed E-state index contributed by atoms with van der Waals surface area (Å²) in [7, 11) is 0. The molecule has 0 aliphatic heterocycles. The van der Waals surface area contributed by atoms with E-state index in [1.54, 1.807) is 4.68 Å². The van der Waals surface area contributed by atoms with Crippen molar-refractivity contribution in [3.8, 4) is 0 Å². The van der Waals surface area contributed by atoms with E-state index in [4.69, 9.17) is 5.73 Å². The predicted octanol–water partition coefficient (Wildman–Crippen LogP) is 0.645. The van der Waals surface area contributed by atoms with E-state index in [9.17, 15) is 5.11 Å². The highest BCUT2D eigenvalue weighted by atomic mass is 16.3. The summed E-state index contributed by atoms with van der Waals surface area (Å²) in [5.41, 5.74) is 5.51. The van der Waals surface area contributed by atoms with E-state index in [2.05, 4.69) is 10.1 Å². The monoisotopic (exact) mass is 196 g/mol. The van der Waals surface area contributed by atoms with Crippen molar-refractivity contribution in [2.75, 3.05) is 5.73 Å². The topological polar surface area (TPSA) is 77.0 Å². The molecular formula is C9H16N4O. The van der Waals surface area contributed by atoms with Crippen LogP contribution in [0.25, 0.3) is 0 Å². The summed E-state index contributed by atoms with van der Waals surface area (Å²) in [5, 5.41) is 13.9. The third-order valence-corrected chi connectivity index (χ3v) is 2.83. The van der Waals surface area contributed by atoms with Crippen LogP contribution in [0.1, 0.15) is 37.5 Å². The smallest absolute Gasteiger partial charge is 0.239 e. The van der Waals surface area contributed by atoms with Gasteiger partial charge in [-0.3, -0.25) is 0 Å². The molecule has 1 aromatic rings. The van der Waals surface area contributed by atoms with E-state index in [0.29, 0.717) is 5.95 Å². The van der Waals surface area contributed by atoms with E-state index in [-0.39, 0.29) is 12.1 Å². The molecule has 0 saturated heterocycles. The van der Waals surface area contributed by atoms with Crippen molar-refractivity contribution in [3.63, 3.8) is 0 Å². The van der Waals surface area contributed by atoms with Crippen LogP contribution < -0.4 is 5.73 Å². The van der Waals surface area contributed by atoms with Crippen molar-refractivity contribution in [2.45, 2.75) is 44.8 Å². The average Bonchev–Trinajstić information content (AvgIpc) is 2.46. The summed E-state index contributed by atoms with van der Waals surface area (Å²) in [4.78, 5) is 4.04. The average molecular weight is 196 g/mol. The van der Waals surface area contributed by atoms with E-state index >= 15 is 0 Å². The number of rotatable bonds is 1. The molecule has 5 nitrogen and oxygen atoms in total. The molecule has 5 heteroatoms. The van der Waals surface area contributed by atoms with Crippen molar-refractivity contribution in [1.29, 1.82) is 0 Å². The van der Waals surface area contributed by atoms with Crippen LogP contribution in [0.3, 0.4) is 0 Å². The van der Waals surface area contributed by atoms with Crippen LogP contribution in [0.5, 0.6) is 0 Å². The molecule has 2 unspecified atom stereocenters. The van der Waals surface area contributed by atoms with Crippen molar-refractivity contribution >= 4 is 5.95 Å². The highest BCUT2D eigenvalue weighted by Gasteiger charge is 2.26. The number of nitrogens with two attached hydrogens (primary N) is 1. The lowest BCUT2D eigenvalue weighted by molar-refractivity contribution is 0.0683. The maximum Gasteiger partial charge on any atom is 0.239 e. The number of aliphatic hydroxyl groups excluding tert-OH is 1. The Morgan fingerprint density at radius 3 is 2.71 bits per heavy atom. The Labute approximate surface area is 82.9 Å². The summed E-state index contributed by atoms with van der Waals surface area (Å²) >= 11 is 0. The molecule has 1 saturated carbocycles. The molecule has 14 heavy (non-hydrogen) atoms. The van der Waals surface area contributed by atoms with Gasteiger partial charge in [0.05, 0.1) is 12.1 Å². The lowest BCUT2D eigenvalue weighted by atomic mass is 9.93. The van der Waals surface area contributed by atoms with Crippen molar-refractivity contribution in [3.05, 3.63) is 5.82 Å². The quantitative estimate of drug-likeness (QED) is 0.691. The third-order valence-electron chi connectivity index (χ3n) is 2.83. The molecule has 1 heterocycles. The second-order valence-corrected chi connectivity index (χ2v) is 3.88. The minimum atomic E-state index is -0.302. The van der Waals surface area contributed by atoms with Gasteiger partial charge in [0, 0.05) is 0 Å². The number of aryl methyl sites for hydroxylation is 1. The first-order valence-electron chi connectivity index (χ1n) is 5.05. The fourth-order valence-electron chi connectivity index (χ4n) is 2.11. The van der Waals surface area contributed by atoms with Gasteiger partial charge in [-0.15, -0.1) is 5.10 Å². The molecule has 1 aliphatic carbocycles. The molecule has 3 N–H and O–H groups in total. The minimum Gasteiger partial charge on any atom is -0.391 e. The van der Waals surface area contributed by atoms with Crippen molar-refractivity contribution < 1.29 is 5.11 Å². The zero-order chi connectivity index (χ0) is 10.1. The largest absolute Gasteiger partial charge is 0.391 e. The van der Waals surface area contributed by atoms with E-state index in [0.717, 1.165) is 31.5 Å². The summed E-state index contributed by atoms with van der Waals surface area (Å²) in [6.45, 7) is 1.87. The molecule has 2 atom stereocenters. The number of nitrogens with zero attached hydrogens (tertiary/aromatic N) is 3. The molecule has 2 rings (SSSR count). The van der Waals surface area contributed by atoms with Gasteiger partial charge in [-0.25, -0.2) is 4.68 Å². The van der Waals surface area contributed by atoms with Crippen LogP contribution in [0.2, 0.25) is 0 Å². The first-order valence-corrected chi connectivity index (χ1v) is 5.05. The molecule has 1 aromatic heterocycles. The van der Waals surface area contributed by atoms with Gasteiger partial charge in [0.1, 0.15) is 5.82 Å². The van der Waals surface area contributed by atoms with Crippen LogP contribution in [-0.2, 0) is 0 Å². The molecule has 0 bridgehead atoms. The number of hydrogen-bond donors (Lipinski definition) is 2. The summed E-state index contributed by atoms with van der Waals surface area (Å²) < 4.78 is 1.76. The lowest BCUT2D eigenvalue weighted by Gasteiger charge is -2.27. The lowest BCUT2D eigenvalue weighted by Crippen LogP contribution is -2.29. The molecule has 1 aliphatic rings. The first-order chi connectivity index (χ1) is 6.68. The van der Waals surface area contributed by atoms with Gasteiger partial charge in [0.25, 0.3) is 0 Å². The van der Waals surface area contributed by atoms with Crippen molar-refractivity contribution in [2.24, 2.45) is 0 Å². The SMILES string of the molecule is Cc1nc(N)nn1C1CCCCC1O. The van der Waals surface area contributed by atoms with Gasteiger partial charge in [0.2, 0.25) is 5.95 Å². The van der Waals surface area contributed by atoms with Gasteiger partial charge < -0.3 is 10.8 Å². The molecular weight excluding hydrogens is 180 g/mol. The zero-order valence-corrected chi connectivity index (χ0v) is 8.35. The van der Waals surface area contributed by atoms with Gasteiger partial charge in [-0.2, -0.15) is 4.98 Å². The fourth-order valence-corrected chi connectivity index (χ4v) is 2.11. The van der Waals surface area contributed by atoms with Crippen LogP contribution in [0.15, 0.2) is 0 Å². The highest BCUT2D eigenvalue weighted by Crippen LogP contribution is 2.28. The second kappa shape index (κ2) is 3.57. The maximum absolute atomic E-state index is 9.83. The van der Waals surface area contributed by atoms with E-state index in [1.165, 1.54) is 0 Å². The normalized spacial score (nSPS) is 27.9. The Kier molecular flexibility index (Phi) is 2.41. The summed E-state index contributed by atoms with van der Waals surface area (Å²) in [5.74, 6) is 1.08. The van der Waals surface area contributed by atoms with Crippen LogP contribution in [0, 0.1) is 6.92 Å². The van der Waals surface area contributed by atoms with Gasteiger partial charge in [-0.05, 0) is 19.8 Å². The number of hydrogen-bond acceptors (Lipinski definition) is 4. The van der Waals surface area contributed by atoms with Crippen LogP contribution in [-0.4, -0.2) is 26.0 Å². The maximum atomic E-state index is 9.83. The Morgan fingerprint density at radius 2 is 2.14 bits per heavy atom. The third kappa shape index (κ3) is 1.59. The second-order valence-electron chi connectivity index (χ2n) is 3.88. The number of aromatic nitrogens is 3. The fraction of sp³-hybridized carbons (Fsp3) is 0.778. The van der Waals surface area contributed by atoms with E-state index in [1.807, 2.05) is 6.92 Å². The summed E-state index contributed by atoms with van der Waals surface area (Å²) in [6, 6.07) is 0.0635. The van der Waals surface area contributed by atoms with Crippen LogP contribution in [0.4, 0.5) is 5.95 Å². The predicted molar refractivity (Wildman–Crippen MR) is 52.7 cm³/mol. The Hall–Kier alpha value is -1.10. The zero-order valence-electron chi connectivity index (χ0n) is 8.35. The Bertz CT molecular complexity index is 323.